The molecule has 1 N–H and O–H groups in total. The van der Waals surface area contributed by atoms with E-state index in [4.69, 9.17) is 11.6 Å². The van der Waals surface area contributed by atoms with Gasteiger partial charge in [0.05, 0.1) is 11.9 Å². The van der Waals surface area contributed by atoms with Gasteiger partial charge in [0.1, 0.15) is 0 Å². The highest BCUT2D eigenvalue weighted by Crippen LogP contribution is 2.67. The molecule has 32 heavy (non-hydrogen) atoms. The molecule has 0 bridgehead atoms. The van der Waals surface area contributed by atoms with Crippen molar-refractivity contribution >= 4 is 29.1 Å². The van der Waals surface area contributed by atoms with E-state index in [1.54, 1.807) is 12.4 Å². The lowest BCUT2D eigenvalue weighted by Gasteiger charge is -2.59. The Kier molecular flexibility index (Phi) is 5.39. The molecule has 5 rings (SSSR count). The number of carbonyl (C=O) groups excluding carboxylic acids is 2. The van der Waals surface area contributed by atoms with Crippen molar-refractivity contribution in [1.82, 2.24) is 9.88 Å². The van der Waals surface area contributed by atoms with E-state index in [1.807, 2.05) is 24.1 Å². The van der Waals surface area contributed by atoms with Crippen LogP contribution in [0.2, 0.25) is 0 Å². The summed E-state index contributed by atoms with van der Waals surface area (Å²) in [7, 11) is 1.90. The first-order chi connectivity index (χ1) is 15.2. The maximum absolute atomic E-state index is 12.8. The van der Waals surface area contributed by atoms with Gasteiger partial charge >= 0.3 is 0 Å². The summed E-state index contributed by atoms with van der Waals surface area (Å²) in [5, 5.41) is 3.92. The molecular formula is C26H34ClN3O2. The molecule has 6 atom stereocenters. The molecule has 0 spiro atoms. The van der Waals surface area contributed by atoms with Gasteiger partial charge in [0, 0.05) is 42.2 Å². The van der Waals surface area contributed by atoms with E-state index in [-0.39, 0.29) is 22.6 Å². The zero-order valence-electron chi connectivity index (χ0n) is 19.4. The van der Waals surface area contributed by atoms with Crippen molar-refractivity contribution in [2.45, 2.75) is 65.2 Å². The minimum Gasteiger partial charge on any atom is -0.325 e. The summed E-state index contributed by atoms with van der Waals surface area (Å²) in [5.74, 6) is 2.38. The fourth-order valence-electron chi connectivity index (χ4n) is 8.00. The van der Waals surface area contributed by atoms with E-state index in [9.17, 15) is 9.59 Å². The average Bonchev–Trinajstić information content (AvgIpc) is 3.08. The number of nitrogens with one attached hydrogen (secondary N) is 1. The Labute approximate surface area is 196 Å². The highest BCUT2D eigenvalue weighted by Gasteiger charge is 2.60. The SMILES string of the molecule is CN1C(=O)CC[C@@]2(C)C1=C(Cl)C[C@H]1[C@@H]3CC[C@H](CC(=O)Nc4cccnc4)[C@@]3(C)CC[C@@H]12. The van der Waals surface area contributed by atoms with Crippen LogP contribution in [0.3, 0.4) is 0 Å². The predicted molar refractivity (Wildman–Crippen MR) is 126 cm³/mol. The van der Waals surface area contributed by atoms with Crippen molar-refractivity contribution in [2.75, 3.05) is 12.4 Å². The summed E-state index contributed by atoms with van der Waals surface area (Å²) in [6, 6.07) is 3.73. The van der Waals surface area contributed by atoms with Crippen molar-refractivity contribution < 1.29 is 9.59 Å². The first-order valence-electron chi connectivity index (χ1n) is 12.1. The van der Waals surface area contributed by atoms with Crippen LogP contribution >= 0.6 is 11.6 Å². The minimum atomic E-state index is -0.0141. The van der Waals surface area contributed by atoms with E-state index in [0.29, 0.717) is 36.5 Å². The number of nitrogens with zero attached hydrogens (tertiary/aromatic N) is 2. The largest absolute Gasteiger partial charge is 0.325 e. The summed E-state index contributed by atoms with van der Waals surface area (Å²) in [6.07, 6.45) is 11.0. The van der Waals surface area contributed by atoms with Gasteiger partial charge in [-0.25, -0.2) is 0 Å². The Bertz CT molecular complexity index is 963. The van der Waals surface area contributed by atoms with Gasteiger partial charge in [-0.2, -0.15) is 0 Å². The first-order valence-corrected chi connectivity index (χ1v) is 12.5. The van der Waals surface area contributed by atoms with E-state index in [0.717, 1.165) is 48.5 Å². The molecule has 4 aliphatic rings. The smallest absolute Gasteiger partial charge is 0.226 e. The van der Waals surface area contributed by atoms with Crippen LogP contribution in [0.1, 0.15) is 65.2 Å². The number of hydrogen-bond donors (Lipinski definition) is 1. The lowest BCUT2D eigenvalue weighted by atomic mass is 9.49. The normalized spacial score (nSPS) is 38.8. The third-order valence-electron chi connectivity index (χ3n) is 9.61. The number of carbonyl (C=O) groups is 2. The van der Waals surface area contributed by atoms with Gasteiger partial charge in [-0.05, 0) is 79.7 Å². The zero-order chi connectivity index (χ0) is 22.7. The van der Waals surface area contributed by atoms with Gasteiger partial charge in [-0.1, -0.05) is 25.4 Å². The van der Waals surface area contributed by atoms with Crippen LogP contribution < -0.4 is 5.32 Å². The van der Waals surface area contributed by atoms with Gasteiger partial charge in [0.2, 0.25) is 11.8 Å². The Morgan fingerprint density at radius 3 is 2.81 bits per heavy atom. The van der Waals surface area contributed by atoms with E-state index in [1.165, 1.54) is 6.42 Å². The molecule has 172 valence electrons. The molecule has 2 amide bonds. The van der Waals surface area contributed by atoms with Crippen LogP contribution in [0.4, 0.5) is 5.69 Å². The highest BCUT2D eigenvalue weighted by molar-refractivity contribution is 6.30. The molecule has 1 aromatic heterocycles. The number of pyridine rings is 1. The van der Waals surface area contributed by atoms with E-state index >= 15 is 0 Å². The molecule has 3 aliphatic carbocycles. The standard InChI is InChI=1S/C26H34ClN3O2/c1-25-10-8-20-18(14-21(27)24-26(20,2)11-9-23(32)30(24)3)19(25)7-6-16(25)13-22(31)29-17-5-4-12-28-15-17/h4-5,12,15-16,18-20H,6-11,13-14H2,1-3H3,(H,29,31)/t16-,18+,19+,20+,25-,26-/m1/s1. The Morgan fingerprint density at radius 2 is 2.06 bits per heavy atom. The number of amides is 2. The van der Waals surface area contributed by atoms with Crippen molar-refractivity contribution in [3.63, 3.8) is 0 Å². The molecule has 1 aromatic rings. The fraction of sp³-hybridized carbons (Fsp3) is 0.654. The molecule has 2 heterocycles. The molecule has 2 saturated carbocycles. The van der Waals surface area contributed by atoms with Gasteiger partial charge in [-0.15, -0.1) is 0 Å². The number of hydrogen-bond acceptors (Lipinski definition) is 3. The number of piperidine rings is 1. The molecule has 1 saturated heterocycles. The number of rotatable bonds is 3. The number of anilines is 1. The van der Waals surface area contributed by atoms with Crippen LogP contribution in [0.5, 0.6) is 0 Å². The number of aromatic nitrogens is 1. The third kappa shape index (κ3) is 3.30. The van der Waals surface area contributed by atoms with Crippen LogP contribution in [-0.2, 0) is 9.59 Å². The number of fused-ring (bicyclic) bond motifs is 5. The van der Waals surface area contributed by atoms with E-state index in [2.05, 4.69) is 24.1 Å². The monoisotopic (exact) mass is 455 g/mol. The van der Waals surface area contributed by atoms with Crippen molar-refractivity contribution in [3.05, 3.63) is 35.3 Å². The summed E-state index contributed by atoms with van der Waals surface area (Å²) in [4.78, 5) is 31.2. The average molecular weight is 456 g/mol. The zero-order valence-corrected chi connectivity index (χ0v) is 20.1. The lowest BCUT2D eigenvalue weighted by molar-refractivity contribution is -0.136. The topological polar surface area (TPSA) is 62.3 Å². The summed E-state index contributed by atoms with van der Waals surface area (Å²) in [5.41, 5.74) is 2.02. The maximum atomic E-state index is 12.8. The second kappa shape index (κ2) is 7.86. The van der Waals surface area contributed by atoms with Crippen LogP contribution in [-0.4, -0.2) is 28.7 Å². The summed E-state index contributed by atoms with van der Waals surface area (Å²) in [6.45, 7) is 4.77. The van der Waals surface area contributed by atoms with Gasteiger partial charge in [0.15, 0.2) is 0 Å². The van der Waals surface area contributed by atoms with Gasteiger partial charge in [0.25, 0.3) is 0 Å². The predicted octanol–water partition coefficient (Wildman–Crippen LogP) is 5.58. The molecule has 0 radical (unpaired) electrons. The lowest BCUT2D eigenvalue weighted by Crippen LogP contribution is -2.54. The molecule has 6 heteroatoms. The minimum absolute atomic E-state index is 0.0141. The Balaban J connectivity index is 1.36. The Hall–Kier alpha value is -1.88. The second-order valence-corrected chi connectivity index (χ2v) is 11.5. The van der Waals surface area contributed by atoms with Crippen molar-refractivity contribution in [2.24, 2.45) is 34.5 Å². The van der Waals surface area contributed by atoms with Gasteiger partial charge < -0.3 is 10.2 Å². The second-order valence-electron chi connectivity index (χ2n) is 11.0. The molecule has 1 aliphatic heterocycles. The molecular weight excluding hydrogens is 422 g/mol. The van der Waals surface area contributed by atoms with Crippen molar-refractivity contribution in [1.29, 1.82) is 0 Å². The molecule has 0 unspecified atom stereocenters. The summed E-state index contributed by atoms with van der Waals surface area (Å²) < 4.78 is 0. The van der Waals surface area contributed by atoms with Crippen LogP contribution in [0.15, 0.2) is 35.3 Å². The quantitative estimate of drug-likeness (QED) is 0.646. The number of halogens is 1. The van der Waals surface area contributed by atoms with Crippen molar-refractivity contribution in [3.8, 4) is 0 Å². The summed E-state index contributed by atoms with van der Waals surface area (Å²) >= 11 is 6.92. The van der Waals surface area contributed by atoms with Crippen LogP contribution in [0.25, 0.3) is 0 Å². The third-order valence-corrected chi connectivity index (χ3v) is 9.94. The Morgan fingerprint density at radius 1 is 1.25 bits per heavy atom. The molecule has 0 aromatic carbocycles. The van der Waals surface area contributed by atoms with Crippen LogP contribution in [0, 0.1) is 34.5 Å². The molecule has 5 nitrogen and oxygen atoms in total. The molecule has 3 fully saturated rings. The van der Waals surface area contributed by atoms with Gasteiger partial charge in [-0.3, -0.25) is 14.6 Å². The van der Waals surface area contributed by atoms with E-state index < -0.39 is 0 Å². The number of allylic oxidation sites excluding steroid dienone is 2. The maximum Gasteiger partial charge on any atom is 0.226 e. The highest BCUT2D eigenvalue weighted by atomic mass is 35.5. The number of likely N-dealkylation sites (tertiary alicyclic amines) is 1. The fourth-order valence-corrected chi connectivity index (χ4v) is 8.52. The first kappa shape index (κ1) is 21.9.